The summed E-state index contributed by atoms with van der Waals surface area (Å²) in [5.74, 6) is -0.220. The second-order valence-electron chi connectivity index (χ2n) is 5.69. The van der Waals surface area contributed by atoms with Gasteiger partial charge in [-0.1, -0.05) is 12.1 Å². The van der Waals surface area contributed by atoms with Crippen LogP contribution in [-0.4, -0.2) is 44.4 Å². The van der Waals surface area contributed by atoms with Gasteiger partial charge in [0.05, 0.1) is 7.11 Å². The van der Waals surface area contributed by atoms with Crippen LogP contribution in [0.2, 0.25) is 0 Å². The van der Waals surface area contributed by atoms with E-state index in [-0.39, 0.29) is 24.0 Å². The van der Waals surface area contributed by atoms with Gasteiger partial charge in [0.1, 0.15) is 5.75 Å². The lowest BCUT2D eigenvalue weighted by Gasteiger charge is -2.11. The van der Waals surface area contributed by atoms with Crippen LogP contribution >= 0.6 is 0 Å². The van der Waals surface area contributed by atoms with E-state index in [1.54, 1.807) is 44.4 Å². The van der Waals surface area contributed by atoms with Gasteiger partial charge >= 0.3 is 0 Å². The lowest BCUT2D eigenvalue weighted by atomic mass is 10.1. The number of hydrogen-bond acceptors (Lipinski definition) is 4. The number of rotatable bonds is 7. The molecule has 0 spiro atoms. The van der Waals surface area contributed by atoms with Crippen molar-refractivity contribution in [3.8, 4) is 11.5 Å². The highest BCUT2D eigenvalue weighted by Gasteiger charge is 2.07. The van der Waals surface area contributed by atoms with Crippen molar-refractivity contribution in [2.75, 3.05) is 27.8 Å². The maximum absolute atomic E-state index is 13.6. The van der Waals surface area contributed by atoms with Gasteiger partial charge in [-0.05, 0) is 48.0 Å². The monoisotopic (exact) mass is 357 g/mol. The van der Waals surface area contributed by atoms with E-state index in [1.807, 2.05) is 0 Å². The van der Waals surface area contributed by atoms with Crippen LogP contribution in [0.25, 0.3) is 6.08 Å². The summed E-state index contributed by atoms with van der Waals surface area (Å²) in [7, 11) is 4.68. The molecule has 6 heteroatoms. The number of ketones is 1. The van der Waals surface area contributed by atoms with E-state index in [4.69, 9.17) is 9.47 Å². The minimum Gasteiger partial charge on any atom is -0.494 e. The molecule has 2 aromatic carbocycles. The van der Waals surface area contributed by atoms with Crippen molar-refractivity contribution in [2.24, 2.45) is 0 Å². The first-order chi connectivity index (χ1) is 12.4. The van der Waals surface area contributed by atoms with Crippen molar-refractivity contribution in [2.45, 2.75) is 0 Å². The Balaban J connectivity index is 1.99. The molecular formula is C20H20FNO4. The van der Waals surface area contributed by atoms with Crippen LogP contribution in [0.3, 0.4) is 0 Å². The standard InChI is InChI=1S/C20H20FNO4/c1-22(2)20(24)13-26-16-8-6-15(7-9-16)18(23)10-4-14-5-11-19(25-3)17(21)12-14/h4-12H,13H2,1-3H3/b10-4+. The fraction of sp³-hybridized carbons (Fsp3) is 0.200. The molecule has 2 rings (SSSR count). The Kier molecular flexibility index (Phi) is 6.49. The Morgan fingerprint density at radius 1 is 1.12 bits per heavy atom. The third kappa shape index (κ3) is 5.17. The fourth-order valence-electron chi connectivity index (χ4n) is 2.04. The van der Waals surface area contributed by atoms with Gasteiger partial charge in [0.25, 0.3) is 5.91 Å². The van der Waals surface area contributed by atoms with Gasteiger partial charge in [0.2, 0.25) is 0 Å². The Morgan fingerprint density at radius 2 is 1.81 bits per heavy atom. The first kappa shape index (κ1) is 19.2. The van der Waals surface area contributed by atoms with Crippen LogP contribution in [0.1, 0.15) is 15.9 Å². The van der Waals surface area contributed by atoms with E-state index in [0.29, 0.717) is 16.9 Å². The van der Waals surface area contributed by atoms with Crippen molar-refractivity contribution < 1.29 is 23.5 Å². The summed E-state index contributed by atoms with van der Waals surface area (Å²) < 4.78 is 23.8. The molecule has 0 N–H and O–H groups in total. The third-order valence-electron chi connectivity index (χ3n) is 3.60. The summed E-state index contributed by atoms with van der Waals surface area (Å²) >= 11 is 0. The number of methoxy groups -OCH3 is 1. The summed E-state index contributed by atoms with van der Waals surface area (Å²) in [5.41, 5.74) is 1.01. The zero-order valence-corrected chi connectivity index (χ0v) is 14.9. The van der Waals surface area contributed by atoms with Gasteiger partial charge < -0.3 is 14.4 Å². The topological polar surface area (TPSA) is 55.8 Å². The van der Waals surface area contributed by atoms with Crippen LogP contribution in [0.15, 0.2) is 48.5 Å². The average Bonchev–Trinajstić information content (AvgIpc) is 2.64. The van der Waals surface area contributed by atoms with Gasteiger partial charge in [0.15, 0.2) is 24.0 Å². The zero-order chi connectivity index (χ0) is 19.1. The first-order valence-corrected chi connectivity index (χ1v) is 7.89. The summed E-state index contributed by atoms with van der Waals surface area (Å²) in [6.45, 7) is -0.0662. The normalized spacial score (nSPS) is 10.6. The predicted octanol–water partition coefficient (Wildman–Crippen LogP) is 3.20. The van der Waals surface area contributed by atoms with Crippen LogP contribution < -0.4 is 9.47 Å². The number of hydrogen-bond donors (Lipinski definition) is 0. The van der Waals surface area contributed by atoms with Crippen molar-refractivity contribution >= 4 is 17.8 Å². The number of allylic oxidation sites excluding steroid dienone is 1. The number of likely N-dealkylation sites (N-methyl/N-ethyl adjacent to an activating group) is 1. The second kappa shape index (κ2) is 8.80. The third-order valence-corrected chi connectivity index (χ3v) is 3.60. The minimum atomic E-state index is -0.490. The van der Waals surface area contributed by atoms with E-state index in [9.17, 15) is 14.0 Å². The van der Waals surface area contributed by atoms with E-state index >= 15 is 0 Å². The van der Waals surface area contributed by atoms with Crippen molar-refractivity contribution in [1.29, 1.82) is 0 Å². The molecular weight excluding hydrogens is 337 g/mol. The summed E-state index contributed by atoms with van der Waals surface area (Å²) in [6, 6.07) is 10.9. The fourth-order valence-corrected chi connectivity index (χ4v) is 2.04. The quantitative estimate of drug-likeness (QED) is 0.564. The molecule has 2 aromatic rings. The molecule has 1 amide bonds. The van der Waals surface area contributed by atoms with Crippen molar-refractivity contribution in [1.82, 2.24) is 4.90 Å². The van der Waals surface area contributed by atoms with Gasteiger partial charge in [-0.25, -0.2) is 4.39 Å². The molecule has 0 saturated heterocycles. The van der Waals surface area contributed by atoms with Crippen molar-refractivity contribution in [3.05, 3.63) is 65.5 Å². The van der Waals surface area contributed by atoms with E-state index < -0.39 is 5.82 Å². The van der Waals surface area contributed by atoms with Crippen LogP contribution in [0.4, 0.5) is 4.39 Å². The second-order valence-corrected chi connectivity index (χ2v) is 5.69. The first-order valence-electron chi connectivity index (χ1n) is 7.89. The highest BCUT2D eigenvalue weighted by molar-refractivity contribution is 6.06. The highest BCUT2D eigenvalue weighted by Crippen LogP contribution is 2.19. The van der Waals surface area contributed by atoms with E-state index in [2.05, 4.69) is 0 Å². The summed E-state index contributed by atoms with van der Waals surface area (Å²) in [4.78, 5) is 25.1. The number of amides is 1. The maximum Gasteiger partial charge on any atom is 0.259 e. The molecule has 5 nitrogen and oxygen atoms in total. The maximum atomic E-state index is 13.6. The minimum absolute atomic E-state index is 0.0662. The Bertz CT molecular complexity index is 813. The highest BCUT2D eigenvalue weighted by atomic mass is 19.1. The number of ether oxygens (including phenoxy) is 2. The number of nitrogens with zero attached hydrogens (tertiary/aromatic N) is 1. The number of carbonyl (C=O) groups excluding carboxylic acids is 2. The Labute approximate surface area is 151 Å². The predicted molar refractivity (Wildman–Crippen MR) is 96.9 cm³/mol. The number of benzene rings is 2. The summed E-state index contributed by atoms with van der Waals surface area (Å²) in [6.07, 6.45) is 2.90. The van der Waals surface area contributed by atoms with E-state index in [0.717, 1.165) is 0 Å². The van der Waals surface area contributed by atoms with Gasteiger partial charge in [-0.15, -0.1) is 0 Å². The van der Waals surface area contributed by atoms with Gasteiger partial charge in [-0.2, -0.15) is 0 Å². The van der Waals surface area contributed by atoms with Crippen LogP contribution in [0, 0.1) is 5.82 Å². The molecule has 0 unspecified atom stereocenters. The SMILES string of the molecule is COc1ccc(/C=C/C(=O)c2ccc(OCC(=O)N(C)C)cc2)cc1F. The lowest BCUT2D eigenvalue weighted by molar-refractivity contribution is -0.130. The van der Waals surface area contributed by atoms with Crippen LogP contribution in [0.5, 0.6) is 11.5 Å². The molecule has 0 aliphatic carbocycles. The van der Waals surface area contributed by atoms with Crippen LogP contribution in [-0.2, 0) is 4.79 Å². The smallest absolute Gasteiger partial charge is 0.259 e. The van der Waals surface area contributed by atoms with Gasteiger partial charge in [-0.3, -0.25) is 9.59 Å². The molecule has 0 saturated carbocycles. The molecule has 0 fully saturated rings. The molecule has 0 radical (unpaired) electrons. The average molecular weight is 357 g/mol. The summed E-state index contributed by atoms with van der Waals surface area (Å²) in [5, 5.41) is 0. The van der Waals surface area contributed by atoms with Gasteiger partial charge in [0, 0.05) is 19.7 Å². The lowest BCUT2D eigenvalue weighted by Crippen LogP contribution is -2.27. The van der Waals surface area contributed by atoms with E-state index in [1.165, 1.54) is 36.3 Å². The molecule has 0 atom stereocenters. The Morgan fingerprint density at radius 3 is 2.38 bits per heavy atom. The molecule has 0 bridgehead atoms. The van der Waals surface area contributed by atoms with Crippen molar-refractivity contribution in [3.63, 3.8) is 0 Å². The molecule has 136 valence electrons. The molecule has 0 aromatic heterocycles. The number of halogens is 1. The number of carbonyl (C=O) groups is 2. The molecule has 0 aliphatic rings. The molecule has 26 heavy (non-hydrogen) atoms. The zero-order valence-electron chi connectivity index (χ0n) is 14.9. The molecule has 0 heterocycles. The largest absolute Gasteiger partial charge is 0.494 e. The Hall–Kier alpha value is -3.15. The molecule has 0 aliphatic heterocycles.